The molecule has 2 aliphatic rings. The van der Waals surface area contributed by atoms with Gasteiger partial charge in [-0.05, 0) is 49.9 Å². The van der Waals surface area contributed by atoms with Crippen LogP contribution in [-0.4, -0.2) is 22.6 Å². The van der Waals surface area contributed by atoms with Crippen molar-refractivity contribution in [3.63, 3.8) is 0 Å². The molecule has 1 aliphatic heterocycles. The molecule has 0 bridgehead atoms. The zero-order valence-electron chi connectivity index (χ0n) is 14.5. The number of rotatable bonds is 4. The lowest BCUT2D eigenvalue weighted by Crippen LogP contribution is -2.58. The van der Waals surface area contributed by atoms with Crippen molar-refractivity contribution >= 4 is 28.9 Å². The Labute approximate surface area is 156 Å². The number of aliphatic imine (C=N–C) groups is 2. The Hall–Kier alpha value is -2.61. The first kappa shape index (κ1) is 16.8. The van der Waals surface area contributed by atoms with Gasteiger partial charge in [-0.2, -0.15) is 4.99 Å². The van der Waals surface area contributed by atoms with Gasteiger partial charge in [0.05, 0.1) is 0 Å². The van der Waals surface area contributed by atoms with Crippen molar-refractivity contribution in [1.29, 1.82) is 0 Å². The van der Waals surface area contributed by atoms with Gasteiger partial charge in [0, 0.05) is 17.3 Å². The second-order valence-electron chi connectivity index (χ2n) is 6.53. The zero-order chi connectivity index (χ0) is 18.0. The van der Waals surface area contributed by atoms with Gasteiger partial charge in [0.1, 0.15) is 23.0 Å². The molecule has 1 saturated carbocycles. The highest BCUT2D eigenvalue weighted by Crippen LogP contribution is 2.39. The Bertz CT molecular complexity index is 809. The van der Waals surface area contributed by atoms with Gasteiger partial charge in [-0.3, -0.25) is 4.90 Å². The molecule has 1 spiro atoms. The first-order chi connectivity index (χ1) is 12.7. The van der Waals surface area contributed by atoms with Crippen LogP contribution in [0.4, 0.5) is 5.69 Å². The molecule has 1 fully saturated rings. The Balaban J connectivity index is 1.56. The summed E-state index contributed by atoms with van der Waals surface area (Å²) in [6.45, 7) is 0.467. The highest BCUT2D eigenvalue weighted by molar-refractivity contribution is 7.09. The van der Waals surface area contributed by atoms with E-state index < -0.39 is 5.66 Å². The predicted octanol–water partition coefficient (Wildman–Crippen LogP) is 2.83. The van der Waals surface area contributed by atoms with Crippen LogP contribution >= 0.6 is 11.3 Å². The number of guanidine groups is 2. The summed E-state index contributed by atoms with van der Waals surface area (Å²) in [7, 11) is 0. The van der Waals surface area contributed by atoms with Crippen LogP contribution in [-0.2, 0) is 6.61 Å². The van der Waals surface area contributed by atoms with Crippen LogP contribution in [0.25, 0.3) is 0 Å². The molecule has 136 valence electrons. The van der Waals surface area contributed by atoms with E-state index in [1.165, 1.54) is 6.42 Å². The van der Waals surface area contributed by atoms with E-state index in [1.807, 2.05) is 34.5 Å². The zero-order valence-corrected chi connectivity index (χ0v) is 15.3. The van der Waals surface area contributed by atoms with Crippen molar-refractivity contribution in [3.05, 3.63) is 40.8 Å². The SMILES string of the molecule is NC1=NC2(CCCCC2)N(c2ccc(OCc3nccs3)cc2)C(N)=N1. The molecule has 0 saturated heterocycles. The Morgan fingerprint density at radius 2 is 1.88 bits per heavy atom. The van der Waals surface area contributed by atoms with Crippen molar-refractivity contribution in [2.45, 2.75) is 44.4 Å². The minimum Gasteiger partial charge on any atom is -0.486 e. The number of nitrogens with zero attached hydrogens (tertiary/aromatic N) is 4. The number of aromatic nitrogens is 1. The molecule has 0 atom stereocenters. The van der Waals surface area contributed by atoms with E-state index in [1.54, 1.807) is 17.5 Å². The second kappa shape index (κ2) is 6.95. The number of ether oxygens (including phenoxy) is 1. The molecule has 2 aromatic rings. The minimum absolute atomic E-state index is 0.268. The first-order valence-corrected chi connectivity index (χ1v) is 9.65. The Morgan fingerprint density at radius 3 is 2.58 bits per heavy atom. The fraction of sp³-hybridized carbons (Fsp3) is 0.389. The average molecular weight is 370 g/mol. The minimum atomic E-state index is -0.419. The molecule has 7 nitrogen and oxygen atoms in total. The van der Waals surface area contributed by atoms with E-state index in [2.05, 4.69) is 15.0 Å². The number of benzene rings is 1. The van der Waals surface area contributed by atoms with Crippen LogP contribution in [0.1, 0.15) is 37.1 Å². The number of anilines is 1. The highest BCUT2D eigenvalue weighted by Gasteiger charge is 2.42. The van der Waals surface area contributed by atoms with E-state index in [0.717, 1.165) is 42.1 Å². The fourth-order valence-electron chi connectivity index (χ4n) is 3.66. The third-order valence-electron chi connectivity index (χ3n) is 4.79. The van der Waals surface area contributed by atoms with Crippen molar-refractivity contribution in [3.8, 4) is 5.75 Å². The molecule has 2 heterocycles. The molecular formula is C18H22N6OS. The molecule has 26 heavy (non-hydrogen) atoms. The molecular weight excluding hydrogens is 348 g/mol. The lowest BCUT2D eigenvalue weighted by molar-refractivity contribution is 0.302. The predicted molar refractivity (Wildman–Crippen MR) is 104 cm³/mol. The van der Waals surface area contributed by atoms with Crippen molar-refractivity contribution < 1.29 is 4.74 Å². The molecule has 0 radical (unpaired) electrons. The summed E-state index contributed by atoms with van der Waals surface area (Å²) in [6, 6.07) is 7.86. The van der Waals surface area contributed by atoms with Crippen LogP contribution < -0.4 is 21.1 Å². The number of nitrogens with two attached hydrogens (primary N) is 2. The summed E-state index contributed by atoms with van der Waals surface area (Å²) in [5, 5.41) is 2.89. The van der Waals surface area contributed by atoms with Gasteiger partial charge in [-0.25, -0.2) is 9.98 Å². The summed E-state index contributed by atoms with van der Waals surface area (Å²) in [6.07, 6.45) is 7.05. The quantitative estimate of drug-likeness (QED) is 0.861. The van der Waals surface area contributed by atoms with Gasteiger partial charge in [0.25, 0.3) is 0 Å². The molecule has 8 heteroatoms. The first-order valence-electron chi connectivity index (χ1n) is 8.77. The van der Waals surface area contributed by atoms with Crippen LogP contribution in [0.2, 0.25) is 0 Å². The average Bonchev–Trinajstić information content (AvgIpc) is 3.14. The molecule has 4 N–H and O–H groups in total. The summed E-state index contributed by atoms with van der Waals surface area (Å²) < 4.78 is 5.79. The Kier molecular flexibility index (Phi) is 4.50. The summed E-state index contributed by atoms with van der Waals surface area (Å²) >= 11 is 1.58. The van der Waals surface area contributed by atoms with E-state index in [-0.39, 0.29) is 5.96 Å². The maximum absolute atomic E-state index is 6.24. The maximum atomic E-state index is 6.24. The van der Waals surface area contributed by atoms with E-state index in [9.17, 15) is 0 Å². The smallest absolute Gasteiger partial charge is 0.220 e. The largest absolute Gasteiger partial charge is 0.486 e. The fourth-order valence-corrected chi connectivity index (χ4v) is 4.18. The maximum Gasteiger partial charge on any atom is 0.220 e. The Morgan fingerprint density at radius 1 is 1.12 bits per heavy atom. The van der Waals surface area contributed by atoms with Crippen molar-refractivity contribution in [1.82, 2.24) is 4.98 Å². The number of thiazole rings is 1. The van der Waals surface area contributed by atoms with Crippen molar-refractivity contribution in [2.24, 2.45) is 21.5 Å². The molecule has 0 unspecified atom stereocenters. The molecule has 0 amide bonds. The van der Waals surface area contributed by atoms with E-state index in [0.29, 0.717) is 12.6 Å². The molecule has 1 aromatic heterocycles. The van der Waals surface area contributed by atoms with Gasteiger partial charge in [0.2, 0.25) is 11.9 Å². The number of hydrogen-bond donors (Lipinski definition) is 2. The van der Waals surface area contributed by atoms with Crippen LogP contribution in [0.15, 0.2) is 45.8 Å². The van der Waals surface area contributed by atoms with Crippen molar-refractivity contribution in [2.75, 3.05) is 4.90 Å². The molecule has 1 aromatic carbocycles. The van der Waals surface area contributed by atoms with Crippen LogP contribution in [0.3, 0.4) is 0 Å². The monoisotopic (exact) mass is 370 g/mol. The van der Waals surface area contributed by atoms with Gasteiger partial charge in [-0.1, -0.05) is 6.42 Å². The lowest BCUT2D eigenvalue weighted by atomic mass is 9.87. The van der Waals surface area contributed by atoms with E-state index in [4.69, 9.17) is 16.2 Å². The van der Waals surface area contributed by atoms with Crippen LogP contribution in [0, 0.1) is 0 Å². The number of hydrogen-bond acceptors (Lipinski definition) is 8. The summed E-state index contributed by atoms with van der Waals surface area (Å²) in [4.78, 5) is 15.1. The van der Waals surface area contributed by atoms with E-state index >= 15 is 0 Å². The standard InChI is InChI=1S/C18H22N6OS/c19-16-22-17(20)24(18(23-16)8-2-1-3-9-18)13-4-6-14(7-5-13)25-12-15-21-10-11-26-15/h4-7,10-11H,1-3,8-9,12H2,(H4,19,20,22,23). The molecule has 4 rings (SSSR count). The normalized spacial score (nSPS) is 19.2. The third-order valence-corrected chi connectivity index (χ3v) is 5.55. The highest BCUT2D eigenvalue weighted by atomic mass is 32.1. The van der Waals surface area contributed by atoms with Crippen LogP contribution in [0.5, 0.6) is 5.75 Å². The topological polar surface area (TPSA) is 102 Å². The molecule has 1 aliphatic carbocycles. The van der Waals surface area contributed by atoms with Gasteiger partial charge in [0.15, 0.2) is 0 Å². The lowest BCUT2D eigenvalue weighted by Gasteiger charge is -2.45. The summed E-state index contributed by atoms with van der Waals surface area (Å²) in [5.41, 5.74) is 12.7. The third kappa shape index (κ3) is 3.24. The summed E-state index contributed by atoms with van der Waals surface area (Å²) in [5.74, 6) is 1.46. The van der Waals surface area contributed by atoms with Gasteiger partial charge in [-0.15, -0.1) is 11.3 Å². The second-order valence-corrected chi connectivity index (χ2v) is 7.51. The van der Waals surface area contributed by atoms with Gasteiger partial charge >= 0.3 is 0 Å². The van der Waals surface area contributed by atoms with Gasteiger partial charge < -0.3 is 16.2 Å².